The normalized spacial score (nSPS) is 11.2. The highest BCUT2D eigenvalue weighted by Gasteiger charge is 2.45. The summed E-state index contributed by atoms with van der Waals surface area (Å²) >= 11 is 1.44. The molecule has 30 heavy (non-hydrogen) atoms. The summed E-state index contributed by atoms with van der Waals surface area (Å²) < 4.78 is 0. The molecule has 4 aromatic carbocycles. The Morgan fingerprint density at radius 2 is 1.03 bits per heavy atom. The van der Waals surface area contributed by atoms with Crippen LogP contribution in [-0.4, -0.2) is 10.6 Å². The van der Waals surface area contributed by atoms with Crippen LogP contribution in [0.1, 0.15) is 15.9 Å². The molecule has 0 bridgehead atoms. The van der Waals surface area contributed by atoms with Gasteiger partial charge in [0.25, 0.3) is 0 Å². The van der Waals surface area contributed by atoms with Gasteiger partial charge in [-0.15, -0.1) is 0 Å². The third-order valence-electron chi connectivity index (χ3n) is 5.27. The second-order valence-electron chi connectivity index (χ2n) is 7.24. The lowest BCUT2D eigenvalue weighted by Gasteiger charge is -2.27. The molecule has 0 amide bonds. The van der Waals surface area contributed by atoms with E-state index < -0.39 is 7.26 Å². The molecule has 0 atom stereocenters. The topological polar surface area (TPSA) is 17.1 Å². The fourth-order valence-corrected chi connectivity index (χ4v) is 9.92. The zero-order valence-electron chi connectivity index (χ0n) is 16.9. The van der Waals surface area contributed by atoms with Crippen molar-refractivity contribution >= 4 is 40.1 Å². The van der Waals surface area contributed by atoms with Crippen LogP contribution in [-0.2, 0) is 0 Å². The molecule has 0 heterocycles. The monoisotopic (exact) mass is 427 g/mol. The van der Waals surface area contributed by atoms with Crippen LogP contribution >= 0.6 is 19.0 Å². The molecule has 3 heteroatoms. The SMILES string of the molecule is Cc1ccc(C(=O)SC[P+](c2ccccc2)(c2ccccc2)c2ccccc2)cc1. The lowest BCUT2D eigenvalue weighted by Crippen LogP contribution is -2.32. The van der Waals surface area contributed by atoms with Gasteiger partial charge >= 0.3 is 0 Å². The van der Waals surface area contributed by atoms with Crippen molar-refractivity contribution < 1.29 is 4.79 Å². The summed E-state index contributed by atoms with van der Waals surface area (Å²) in [4.78, 5) is 13.1. The summed E-state index contributed by atoms with van der Waals surface area (Å²) in [5.41, 5.74) is 2.66. The van der Waals surface area contributed by atoms with Crippen molar-refractivity contribution in [1.82, 2.24) is 0 Å². The molecule has 0 saturated carbocycles. The Bertz CT molecular complexity index is 997. The Morgan fingerprint density at radius 1 is 0.633 bits per heavy atom. The number of carbonyl (C=O) groups excluding carboxylic acids is 1. The summed E-state index contributed by atoms with van der Waals surface area (Å²) in [6.07, 6.45) is 0. The largest absolute Gasteiger partial charge is 0.281 e. The Kier molecular flexibility index (Phi) is 6.47. The van der Waals surface area contributed by atoms with Gasteiger partial charge in [-0.25, -0.2) is 0 Å². The molecule has 148 valence electrons. The molecule has 0 fully saturated rings. The van der Waals surface area contributed by atoms with Crippen LogP contribution in [0.15, 0.2) is 115 Å². The number of hydrogen-bond acceptors (Lipinski definition) is 2. The maximum Gasteiger partial charge on any atom is 0.222 e. The Balaban J connectivity index is 1.80. The van der Waals surface area contributed by atoms with Crippen LogP contribution in [0.25, 0.3) is 0 Å². The number of benzene rings is 4. The third kappa shape index (κ3) is 4.26. The third-order valence-corrected chi connectivity index (χ3v) is 11.4. The minimum Gasteiger partial charge on any atom is -0.281 e. The van der Waals surface area contributed by atoms with Crippen molar-refractivity contribution in [3.63, 3.8) is 0 Å². The Hall–Kier alpha value is -2.67. The average molecular weight is 428 g/mol. The van der Waals surface area contributed by atoms with Crippen molar-refractivity contribution in [3.8, 4) is 0 Å². The molecule has 0 unspecified atom stereocenters. The second kappa shape index (κ2) is 9.43. The van der Waals surface area contributed by atoms with E-state index in [0.29, 0.717) is 0 Å². The first-order valence-corrected chi connectivity index (χ1v) is 12.9. The van der Waals surface area contributed by atoms with Gasteiger partial charge in [0, 0.05) is 5.56 Å². The molecule has 0 radical (unpaired) electrons. The highest BCUT2D eigenvalue weighted by atomic mass is 32.2. The van der Waals surface area contributed by atoms with Crippen molar-refractivity contribution in [3.05, 3.63) is 126 Å². The van der Waals surface area contributed by atoms with Crippen molar-refractivity contribution in [2.45, 2.75) is 6.92 Å². The molecule has 1 nitrogen and oxygen atoms in total. The van der Waals surface area contributed by atoms with Gasteiger partial charge in [-0.3, -0.25) is 4.79 Å². The van der Waals surface area contributed by atoms with Crippen LogP contribution in [0.4, 0.5) is 0 Å². The van der Waals surface area contributed by atoms with E-state index in [4.69, 9.17) is 0 Å². The van der Waals surface area contributed by atoms with Gasteiger partial charge in [0.15, 0.2) is 0 Å². The summed E-state index contributed by atoms with van der Waals surface area (Å²) in [5, 5.41) is 4.02. The van der Waals surface area contributed by atoms with Crippen LogP contribution in [0.2, 0.25) is 0 Å². The molecular weight excluding hydrogens is 403 g/mol. The average Bonchev–Trinajstić information content (AvgIpc) is 2.82. The number of rotatable bonds is 6. The van der Waals surface area contributed by atoms with Crippen molar-refractivity contribution in [1.29, 1.82) is 0 Å². The number of thioether (sulfide) groups is 1. The minimum atomic E-state index is -1.99. The summed E-state index contributed by atoms with van der Waals surface area (Å²) in [6, 6.07) is 39.9. The van der Waals surface area contributed by atoms with Crippen molar-refractivity contribution in [2.75, 3.05) is 5.49 Å². The van der Waals surface area contributed by atoms with Crippen LogP contribution in [0.5, 0.6) is 0 Å². The maximum absolute atomic E-state index is 13.1. The number of aryl methyl sites for hydroxylation is 1. The summed E-state index contributed by atoms with van der Waals surface area (Å²) in [6.45, 7) is 2.04. The minimum absolute atomic E-state index is 0.127. The first kappa shape index (κ1) is 20.6. The molecular formula is C27H24OPS+. The number of hydrogen-bond donors (Lipinski definition) is 0. The molecule has 0 N–H and O–H groups in total. The standard InChI is InChI=1S/C27H24OPS/c1-22-17-19-23(20-18-22)27(28)30-21-29(24-11-5-2-6-12-24,25-13-7-3-8-14-25)26-15-9-4-10-16-26/h2-20H,21H2,1H3/q+1. The van der Waals surface area contributed by atoms with Gasteiger partial charge in [-0.2, -0.15) is 0 Å². The molecule has 0 aliphatic rings. The zero-order chi connectivity index (χ0) is 20.8. The fourth-order valence-electron chi connectivity index (χ4n) is 3.65. The van der Waals surface area contributed by atoms with E-state index in [1.54, 1.807) is 0 Å². The van der Waals surface area contributed by atoms with E-state index in [9.17, 15) is 4.79 Å². The Morgan fingerprint density at radius 3 is 1.43 bits per heavy atom. The van der Waals surface area contributed by atoms with E-state index in [1.165, 1.54) is 27.7 Å². The lowest BCUT2D eigenvalue weighted by molar-refractivity contribution is 0.108. The fraction of sp³-hybridized carbons (Fsp3) is 0.0741. The van der Waals surface area contributed by atoms with E-state index in [0.717, 1.165) is 16.6 Å². The molecule has 0 aliphatic carbocycles. The van der Waals surface area contributed by atoms with Crippen LogP contribution < -0.4 is 15.9 Å². The lowest BCUT2D eigenvalue weighted by atomic mass is 10.2. The Labute approximate surface area is 183 Å². The van der Waals surface area contributed by atoms with Crippen LogP contribution in [0.3, 0.4) is 0 Å². The predicted octanol–water partition coefficient (Wildman–Crippen LogP) is 5.82. The van der Waals surface area contributed by atoms with E-state index in [1.807, 2.05) is 31.2 Å². The highest BCUT2D eigenvalue weighted by molar-refractivity contribution is 8.22. The van der Waals surface area contributed by atoms with E-state index in [-0.39, 0.29) is 5.12 Å². The maximum atomic E-state index is 13.1. The highest BCUT2D eigenvalue weighted by Crippen LogP contribution is 2.57. The predicted molar refractivity (Wildman–Crippen MR) is 133 cm³/mol. The zero-order valence-corrected chi connectivity index (χ0v) is 18.7. The van der Waals surface area contributed by atoms with Crippen LogP contribution in [0, 0.1) is 6.92 Å². The van der Waals surface area contributed by atoms with Gasteiger partial charge in [-0.1, -0.05) is 84.4 Å². The molecule has 0 aliphatic heterocycles. The van der Waals surface area contributed by atoms with Crippen molar-refractivity contribution in [2.24, 2.45) is 0 Å². The van der Waals surface area contributed by atoms with E-state index in [2.05, 4.69) is 91.0 Å². The molecule has 0 aromatic heterocycles. The van der Waals surface area contributed by atoms with Gasteiger partial charge in [-0.05, 0) is 55.1 Å². The van der Waals surface area contributed by atoms with Gasteiger partial charge in [0.2, 0.25) is 5.12 Å². The summed E-state index contributed by atoms with van der Waals surface area (Å²) in [7, 11) is -1.99. The molecule has 0 saturated heterocycles. The molecule has 0 spiro atoms. The first-order valence-electron chi connectivity index (χ1n) is 9.99. The first-order chi connectivity index (χ1) is 14.7. The smallest absolute Gasteiger partial charge is 0.222 e. The van der Waals surface area contributed by atoms with Gasteiger partial charge in [0.05, 0.1) is 0 Å². The van der Waals surface area contributed by atoms with E-state index >= 15 is 0 Å². The molecule has 4 rings (SSSR count). The second-order valence-corrected chi connectivity index (χ2v) is 12.1. The summed E-state index contributed by atoms with van der Waals surface area (Å²) in [5.74, 6) is 0. The van der Waals surface area contributed by atoms with Gasteiger partial charge < -0.3 is 0 Å². The quantitative estimate of drug-likeness (QED) is 0.361. The molecule has 4 aromatic rings. The number of carbonyl (C=O) groups is 1. The van der Waals surface area contributed by atoms with Gasteiger partial charge in [0.1, 0.15) is 28.7 Å².